The molecule has 1 unspecified atom stereocenters. The number of anilines is 1. The topological polar surface area (TPSA) is 40.6 Å². The molecule has 168 valence electrons. The predicted octanol–water partition coefficient (Wildman–Crippen LogP) is 5.17. The molecule has 4 rings (SSSR count). The molecule has 5 heteroatoms. The summed E-state index contributed by atoms with van der Waals surface area (Å²) < 4.78 is 24.1. The molecule has 1 heterocycles. The smallest absolute Gasteiger partial charge is 0.175 e. The summed E-state index contributed by atoms with van der Waals surface area (Å²) in [5.74, 6) is 0.777. The van der Waals surface area contributed by atoms with Crippen molar-refractivity contribution in [3.8, 4) is 0 Å². The first-order valence-electron chi connectivity index (χ1n) is 11.6. The Hall–Kier alpha value is -1.85. The van der Waals surface area contributed by atoms with Crippen LogP contribution in [0.25, 0.3) is 0 Å². The maximum atomic E-state index is 12.0. The lowest BCUT2D eigenvalue weighted by Crippen LogP contribution is -2.50. The highest BCUT2D eigenvalue weighted by atomic mass is 32.2. The van der Waals surface area contributed by atoms with E-state index in [9.17, 15) is 8.42 Å². The van der Waals surface area contributed by atoms with Crippen molar-refractivity contribution >= 4 is 15.5 Å². The molecule has 2 aromatic rings. The molecule has 0 N–H and O–H groups in total. The molecule has 4 nitrogen and oxygen atoms in total. The fourth-order valence-corrected chi connectivity index (χ4v) is 5.81. The number of hydrogen-bond acceptors (Lipinski definition) is 4. The van der Waals surface area contributed by atoms with Gasteiger partial charge in [0, 0.05) is 38.1 Å². The van der Waals surface area contributed by atoms with E-state index in [1.165, 1.54) is 37.5 Å². The van der Waals surface area contributed by atoms with Gasteiger partial charge >= 0.3 is 0 Å². The van der Waals surface area contributed by atoms with Gasteiger partial charge in [0.25, 0.3) is 0 Å². The van der Waals surface area contributed by atoms with Crippen LogP contribution in [-0.4, -0.2) is 45.8 Å². The van der Waals surface area contributed by atoms with E-state index in [1.807, 2.05) is 18.2 Å². The van der Waals surface area contributed by atoms with Gasteiger partial charge in [0.05, 0.1) is 10.9 Å². The van der Waals surface area contributed by atoms with Crippen LogP contribution in [0.4, 0.5) is 5.69 Å². The summed E-state index contributed by atoms with van der Waals surface area (Å²) in [4.78, 5) is 5.43. The normalized spacial score (nSPS) is 23.1. The zero-order valence-electron chi connectivity index (χ0n) is 19.1. The Labute approximate surface area is 188 Å². The van der Waals surface area contributed by atoms with Crippen LogP contribution in [0.1, 0.15) is 51.1 Å². The van der Waals surface area contributed by atoms with Gasteiger partial charge in [0.2, 0.25) is 0 Å². The molecule has 1 atom stereocenters. The third-order valence-electron chi connectivity index (χ3n) is 7.24. The van der Waals surface area contributed by atoms with E-state index >= 15 is 0 Å². The Balaban J connectivity index is 1.53. The Bertz CT molecular complexity index is 977. The summed E-state index contributed by atoms with van der Waals surface area (Å²) >= 11 is 0. The lowest BCUT2D eigenvalue weighted by molar-refractivity contribution is 0.108. The summed E-state index contributed by atoms with van der Waals surface area (Å²) in [5, 5.41) is 0. The maximum absolute atomic E-state index is 12.0. The number of nitrogens with zero attached hydrogens (tertiary/aromatic N) is 2. The summed E-state index contributed by atoms with van der Waals surface area (Å²) in [7, 11) is -3.21. The van der Waals surface area contributed by atoms with Crippen LogP contribution in [0.3, 0.4) is 0 Å². The highest BCUT2D eigenvalue weighted by molar-refractivity contribution is 7.90. The molecule has 0 amide bonds. The molecule has 1 saturated carbocycles. The van der Waals surface area contributed by atoms with Crippen LogP contribution < -0.4 is 4.90 Å². The van der Waals surface area contributed by atoms with Crippen molar-refractivity contribution in [1.29, 1.82) is 0 Å². The first-order valence-corrected chi connectivity index (χ1v) is 13.4. The van der Waals surface area contributed by atoms with Gasteiger partial charge in [-0.15, -0.1) is 0 Å². The van der Waals surface area contributed by atoms with E-state index in [0.29, 0.717) is 16.4 Å². The third kappa shape index (κ3) is 5.50. The first-order chi connectivity index (χ1) is 14.7. The fourth-order valence-electron chi connectivity index (χ4n) is 5.15. The van der Waals surface area contributed by atoms with E-state index in [4.69, 9.17) is 0 Å². The van der Waals surface area contributed by atoms with Gasteiger partial charge in [-0.05, 0) is 60.8 Å². The largest absolute Gasteiger partial charge is 0.368 e. The Morgan fingerprint density at radius 3 is 2.35 bits per heavy atom. The van der Waals surface area contributed by atoms with Gasteiger partial charge in [-0.3, -0.25) is 4.90 Å². The average Bonchev–Trinajstić information content (AvgIpc) is 2.75. The summed E-state index contributed by atoms with van der Waals surface area (Å²) in [6, 6.07) is 18.5. The molecular weight excluding hydrogens is 404 g/mol. The lowest BCUT2D eigenvalue weighted by atomic mass is 9.73. The average molecular weight is 441 g/mol. The summed E-state index contributed by atoms with van der Waals surface area (Å²) in [6.07, 6.45) is 6.58. The van der Waals surface area contributed by atoms with Crippen molar-refractivity contribution in [2.75, 3.05) is 37.3 Å². The van der Waals surface area contributed by atoms with E-state index < -0.39 is 9.84 Å². The second-order valence-electron chi connectivity index (χ2n) is 10.2. The number of sulfone groups is 1. The SMILES string of the molecule is CC1(C)CCC(CN2CCN(c3cccc(S(C)(=O)=O)c3)CC2c2ccccc2)CC1. The molecule has 1 aliphatic carbocycles. The van der Waals surface area contributed by atoms with Crippen LogP contribution in [0.5, 0.6) is 0 Å². The summed E-state index contributed by atoms with van der Waals surface area (Å²) in [6.45, 7) is 8.78. The Kier molecular flexibility index (Phi) is 6.45. The van der Waals surface area contributed by atoms with Crippen molar-refractivity contribution in [2.24, 2.45) is 11.3 Å². The van der Waals surface area contributed by atoms with Gasteiger partial charge < -0.3 is 4.90 Å². The predicted molar refractivity (Wildman–Crippen MR) is 128 cm³/mol. The molecule has 1 saturated heterocycles. The quantitative estimate of drug-likeness (QED) is 0.643. The van der Waals surface area contributed by atoms with Crippen molar-refractivity contribution in [1.82, 2.24) is 4.90 Å². The van der Waals surface area contributed by atoms with Gasteiger partial charge in [-0.1, -0.05) is 50.2 Å². The second-order valence-corrected chi connectivity index (χ2v) is 12.3. The van der Waals surface area contributed by atoms with Crippen LogP contribution in [0.2, 0.25) is 0 Å². The molecule has 0 radical (unpaired) electrons. The molecule has 1 aliphatic heterocycles. The zero-order valence-corrected chi connectivity index (χ0v) is 19.9. The van der Waals surface area contributed by atoms with Gasteiger partial charge in [0.1, 0.15) is 0 Å². The van der Waals surface area contributed by atoms with E-state index in [0.717, 1.165) is 37.8 Å². The van der Waals surface area contributed by atoms with E-state index in [2.05, 4.69) is 54.0 Å². The molecule has 2 aliphatic rings. The van der Waals surface area contributed by atoms with Crippen LogP contribution in [0, 0.1) is 11.3 Å². The maximum Gasteiger partial charge on any atom is 0.175 e. The first kappa shape index (κ1) is 22.3. The molecular formula is C26H36N2O2S. The van der Waals surface area contributed by atoms with Crippen LogP contribution in [-0.2, 0) is 9.84 Å². The van der Waals surface area contributed by atoms with Crippen molar-refractivity contribution < 1.29 is 8.42 Å². The Morgan fingerprint density at radius 2 is 1.68 bits per heavy atom. The molecule has 2 fully saturated rings. The fraction of sp³-hybridized carbons (Fsp3) is 0.538. The van der Waals surface area contributed by atoms with Gasteiger partial charge in [-0.25, -0.2) is 8.42 Å². The van der Waals surface area contributed by atoms with Gasteiger partial charge in [0.15, 0.2) is 9.84 Å². The van der Waals surface area contributed by atoms with Crippen LogP contribution in [0.15, 0.2) is 59.5 Å². The van der Waals surface area contributed by atoms with E-state index in [1.54, 1.807) is 6.07 Å². The number of rotatable bonds is 5. The Morgan fingerprint density at radius 1 is 0.968 bits per heavy atom. The monoisotopic (exact) mass is 440 g/mol. The molecule has 0 bridgehead atoms. The highest BCUT2D eigenvalue weighted by Gasteiger charge is 2.33. The molecule has 2 aromatic carbocycles. The standard InChI is InChI=1S/C26H36N2O2S/c1-26(2)14-12-21(13-15-26)19-28-17-16-27(20-25(28)22-8-5-4-6-9-22)23-10-7-11-24(18-23)31(3,29)30/h4-11,18,21,25H,12-17,19-20H2,1-3H3. The second kappa shape index (κ2) is 8.95. The molecule has 31 heavy (non-hydrogen) atoms. The van der Waals surface area contributed by atoms with Crippen molar-refractivity contribution in [3.05, 3.63) is 60.2 Å². The number of piperazine rings is 1. The lowest BCUT2D eigenvalue weighted by Gasteiger charge is -2.45. The minimum absolute atomic E-state index is 0.326. The molecule has 0 spiro atoms. The van der Waals surface area contributed by atoms with Gasteiger partial charge in [-0.2, -0.15) is 0 Å². The minimum Gasteiger partial charge on any atom is -0.368 e. The van der Waals surface area contributed by atoms with Crippen molar-refractivity contribution in [2.45, 2.75) is 50.5 Å². The summed E-state index contributed by atoms with van der Waals surface area (Å²) in [5.41, 5.74) is 2.85. The molecule has 0 aromatic heterocycles. The highest BCUT2D eigenvalue weighted by Crippen LogP contribution is 2.39. The number of benzene rings is 2. The zero-order chi connectivity index (χ0) is 22.1. The van der Waals surface area contributed by atoms with Crippen molar-refractivity contribution in [3.63, 3.8) is 0 Å². The van der Waals surface area contributed by atoms with Crippen LogP contribution >= 0.6 is 0 Å². The number of hydrogen-bond donors (Lipinski definition) is 0. The minimum atomic E-state index is -3.21. The third-order valence-corrected chi connectivity index (χ3v) is 8.35. The van der Waals surface area contributed by atoms with E-state index in [-0.39, 0.29) is 0 Å².